The minimum Gasteiger partial charge on any atom is -0.495 e. The van der Waals surface area contributed by atoms with Crippen LogP contribution in [0.15, 0.2) is 48.5 Å². The summed E-state index contributed by atoms with van der Waals surface area (Å²) in [7, 11) is 1.66. The van der Waals surface area contributed by atoms with Crippen LogP contribution < -0.4 is 15.0 Å². The molecule has 0 aliphatic carbocycles. The fourth-order valence-corrected chi connectivity index (χ4v) is 3.35. The Kier molecular flexibility index (Phi) is 6.10. The molecule has 1 saturated heterocycles. The van der Waals surface area contributed by atoms with E-state index in [1.807, 2.05) is 31.2 Å². The molecular formula is C20H24N4O4. The number of hydrogen-bond acceptors (Lipinski definition) is 6. The summed E-state index contributed by atoms with van der Waals surface area (Å²) in [6.07, 6.45) is 0. The molecule has 1 N–H and O–H groups in total. The van der Waals surface area contributed by atoms with Gasteiger partial charge in [-0.15, -0.1) is 0 Å². The Morgan fingerprint density at radius 1 is 1.14 bits per heavy atom. The lowest BCUT2D eigenvalue weighted by molar-refractivity contribution is -0.384. The second-order valence-electron chi connectivity index (χ2n) is 6.67. The van der Waals surface area contributed by atoms with E-state index in [2.05, 4.69) is 15.1 Å². The van der Waals surface area contributed by atoms with E-state index < -0.39 is 4.92 Å². The maximum Gasteiger partial charge on any atom is 0.271 e. The van der Waals surface area contributed by atoms with E-state index in [1.165, 1.54) is 12.1 Å². The van der Waals surface area contributed by atoms with Gasteiger partial charge >= 0.3 is 0 Å². The van der Waals surface area contributed by atoms with Gasteiger partial charge in [0.15, 0.2) is 0 Å². The monoisotopic (exact) mass is 384 g/mol. The molecular weight excluding hydrogens is 360 g/mol. The summed E-state index contributed by atoms with van der Waals surface area (Å²) in [5.41, 5.74) is 1.44. The van der Waals surface area contributed by atoms with Gasteiger partial charge in [-0.2, -0.15) is 0 Å². The van der Waals surface area contributed by atoms with E-state index >= 15 is 0 Å². The molecule has 1 amide bonds. The smallest absolute Gasteiger partial charge is 0.271 e. The number of nitro groups is 1. The van der Waals surface area contributed by atoms with Crippen molar-refractivity contribution >= 4 is 23.0 Å². The van der Waals surface area contributed by atoms with E-state index in [-0.39, 0.29) is 17.6 Å². The van der Waals surface area contributed by atoms with Gasteiger partial charge in [0.1, 0.15) is 5.75 Å². The fraction of sp³-hybridized carbons (Fsp3) is 0.350. The summed E-state index contributed by atoms with van der Waals surface area (Å²) in [5.74, 6) is 0.665. The van der Waals surface area contributed by atoms with Crippen LogP contribution in [0.25, 0.3) is 0 Å². The zero-order valence-electron chi connectivity index (χ0n) is 16.0. The minimum atomic E-state index is -0.476. The number of amides is 1. The van der Waals surface area contributed by atoms with E-state index in [4.69, 9.17) is 4.74 Å². The fourth-order valence-electron chi connectivity index (χ4n) is 3.35. The van der Waals surface area contributed by atoms with Crippen LogP contribution in [0.3, 0.4) is 0 Å². The van der Waals surface area contributed by atoms with Gasteiger partial charge in [0.2, 0.25) is 5.91 Å². The number of benzene rings is 2. The first kappa shape index (κ1) is 19.6. The summed E-state index contributed by atoms with van der Waals surface area (Å²) in [6.45, 7) is 4.90. The van der Waals surface area contributed by atoms with Crippen molar-refractivity contribution in [3.05, 3.63) is 58.6 Å². The van der Waals surface area contributed by atoms with Crippen LogP contribution in [0, 0.1) is 10.1 Å². The number of anilines is 2. The standard InChI is InChI=1S/C20H24N4O4/c1-15(20(25)21-16-6-5-7-17(14-16)24(26)27)22-10-12-23(13-11-22)18-8-3-4-9-19(18)28-2/h3-9,14-15H,10-13H2,1-2H3,(H,21,25)/t15-/m1/s1. The summed E-state index contributed by atoms with van der Waals surface area (Å²) >= 11 is 0. The van der Waals surface area contributed by atoms with E-state index in [9.17, 15) is 14.9 Å². The SMILES string of the molecule is COc1ccccc1N1CCN([C@H](C)C(=O)Nc2cccc([N+](=O)[O-])c2)CC1. The van der Waals surface area contributed by atoms with Crippen LogP contribution in [0.1, 0.15) is 6.92 Å². The second-order valence-corrected chi connectivity index (χ2v) is 6.67. The highest BCUT2D eigenvalue weighted by Crippen LogP contribution is 2.28. The molecule has 3 rings (SSSR count). The van der Waals surface area contributed by atoms with Crippen molar-refractivity contribution in [3.8, 4) is 5.75 Å². The van der Waals surface area contributed by atoms with Gasteiger partial charge in [0.25, 0.3) is 5.69 Å². The van der Waals surface area contributed by atoms with Crippen molar-refractivity contribution in [2.75, 3.05) is 43.5 Å². The molecule has 2 aromatic rings. The molecule has 1 heterocycles. The number of hydrogen-bond donors (Lipinski definition) is 1. The molecule has 28 heavy (non-hydrogen) atoms. The summed E-state index contributed by atoms with van der Waals surface area (Å²) in [6, 6.07) is 13.5. The molecule has 1 aliphatic heterocycles. The molecule has 8 heteroatoms. The highest BCUT2D eigenvalue weighted by atomic mass is 16.6. The van der Waals surface area contributed by atoms with Gasteiger partial charge in [-0.25, -0.2) is 0 Å². The first-order valence-corrected chi connectivity index (χ1v) is 9.17. The van der Waals surface area contributed by atoms with Crippen molar-refractivity contribution in [1.82, 2.24) is 4.90 Å². The van der Waals surface area contributed by atoms with Crippen molar-refractivity contribution in [1.29, 1.82) is 0 Å². The molecule has 0 aromatic heterocycles. The highest BCUT2D eigenvalue weighted by Gasteiger charge is 2.26. The first-order chi connectivity index (χ1) is 13.5. The Bertz CT molecular complexity index is 850. The van der Waals surface area contributed by atoms with E-state index in [1.54, 1.807) is 19.2 Å². The topological polar surface area (TPSA) is 88.0 Å². The highest BCUT2D eigenvalue weighted by molar-refractivity contribution is 5.94. The largest absolute Gasteiger partial charge is 0.495 e. The molecule has 0 saturated carbocycles. The first-order valence-electron chi connectivity index (χ1n) is 9.17. The number of nitrogens with zero attached hydrogens (tertiary/aromatic N) is 3. The Labute approximate surface area is 163 Å². The van der Waals surface area contributed by atoms with Crippen LogP contribution in [0.2, 0.25) is 0 Å². The third-order valence-electron chi connectivity index (χ3n) is 4.99. The van der Waals surface area contributed by atoms with Gasteiger partial charge in [0, 0.05) is 44.0 Å². The predicted molar refractivity (Wildman–Crippen MR) is 108 cm³/mol. The molecule has 148 valence electrons. The molecule has 0 unspecified atom stereocenters. The molecule has 1 fully saturated rings. The Balaban J connectivity index is 1.59. The summed E-state index contributed by atoms with van der Waals surface area (Å²) < 4.78 is 5.44. The molecule has 1 atom stereocenters. The number of non-ortho nitro benzene ring substituents is 1. The maximum absolute atomic E-state index is 12.6. The average molecular weight is 384 g/mol. The number of piperazine rings is 1. The zero-order chi connectivity index (χ0) is 20.1. The Morgan fingerprint density at radius 2 is 1.86 bits per heavy atom. The second kappa shape index (κ2) is 8.71. The van der Waals surface area contributed by atoms with Crippen LogP contribution in [-0.2, 0) is 4.79 Å². The molecule has 8 nitrogen and oxygen atoms in total. The number of methoxy groups -OCH3 is 1. The van der Waals surface area contributed by atoms with E-state index in [0.717, 1.165) is 37.6 Å². The number of para-hydroxylation sites is 2. The van der Waals surface area contributed by atoms with Gasteiger partial charge in [-0.3, -0.25) is 19.8 Å². The van der Waals surface area contributed by atoms with Crippen molar-refractivity contribution in [3.63, 3.8) is 0 Å². The van der Waals surface area contributed by atoms with E-state index in [0.29, 0.717) is 5.69 Å². The lowest BCUT2D eigenvalue weighted by atomic mass is 10.2. The Morgan fingerprint density at radius 3 is 2.54 bits per heavy atom. The average Bonchev–Trinajstić information content (AvgIpc) is 2.73. The van der Waals surface area contributed by atoms with Crippen LogP contribution in [-0.4, -0.2) is 55.1 Å². The minimum absolute atomic E-state index is 0.0455. The molecule has 0 bridgehead atoms. The summed E-state index contributed by atoms with van der Waals surface area (Å²) in [5, 5.41) is 13.7. The zero-order valence-corrected chi connectivity index (χ0v) is 16.0. The third kappa shape index (κ3) is 4.40. The number of carbonyl (C=O) groups is 1. The van der Waals surface area contributed by atoms with Crippen molar-refractivity contribution in [2.45, 2.75) is 13.0 Å². The predicted octanol–water partition coefficient (Wildman–Crippen LogP) is 2.75. The lowest BCUT2D eigenvalue weighted by Crippen LogP contribution is -2.52. The van der Waals surface area contributed by atoms with Gasteiger partial charge in [0.05, 0.1) is 23.8 Å². The number of carbonyl (C=O) groups excluding carboxylic acids is 1. The van der Waals surface area contributed by atoms with Crippen LogP contribution >= 0.6 is 0 Å². The van der Waals surface area contributed by atoms with Gasteiger partial charge in [-0.05, 0) is 25.1 Å². The lowest BCUT2D eigenvalue weighted by Gasteiger charge is -2.38. The molecule has 2 aromatic carbocycles. The summed E-state index contributed by atoms with van der Waals surface area (Å²) in [4.78, 5) is 27.4. The molecule has 0 radical (unpaired) electrons. The molecule has 0 spiro atoms. The number of nitrogens with one attached hydrogen (secondary N) is 1. The van der Waals surface area contributed by atoms with Crippen LogP contribution in [0.5, 0.6) is 5.75 Å². The Hall–Kier alpha value is -3.13. The number of rotatable bonds is 6. The number of nitro benzene ring substituents is 1. The third-order valence-corrected chi connectivity index (χ3v) is 4.99. The van der Waals surface area contributed by atoms with Crippen molar-refractivity contribution in [2.24, 2.45) is 0 Å². The van der Waals surface area contributed by atoms with Crippen LogP contribution in [0.4, 0.5) is 17.1 Å². The maximum atomic E-state index is 12.6. The normalized spacial score (nSPS) is 15.7. The van der Waals surface area contributed by atoms with Crippen molar-refractivity contribution < 1.29 is 14.5 Å². The molecule has 1 aliphatic rings. The van der Waals surface area contributed by atoms with Gasteiger partial charge in [-0.1, -0.05) is 18.2 Å². The number of ether oxygens (including phenoxy) is 1. The quantitative estimate of drug-likeness (QED) is 0.609. The van der Waals surface area contributed by atoms with Gasteiger partial charge < -0.3 is 15.0 Å².